The maximum Gasteiger partial charge on any atom is 0.326 e. The Morgan fingerprint density at radius 2 is 1.96 bits per heavy atom. The van der Waals surface area contributed by atoms with E-state index < -0.39 is 12.0 Å². The van der Waals surface area contributed by atoms with Crippen LogP contribution in [0.2, 0.25) is 0 Å². The summed E-state index contributed by atoms with van der Waals surface area (Å²) in [6, 6.07) is 8.76. The van der Waals surface area contributed by atoms with Crippen molar-refractivity contribution in [1.29, 1.82) is 0 Å². The van der Waals surface area contributed by atoms with Crippen molar-refractivity contribution in [2.75, 3.05) is 6.54 Å². The molecular weight excluding hydrogens is 306 g/mol. The number of aromatic nitrogens is 2. The van der Waals surface area contributed by atoms with E-state index in [4.69, 9.17) is 0 Å². The molecule has 0 radical (unpaired) electrons. The smallest absolute Gasteiger partial charge is 0.326 e. The summed E-state index contributed by atoms with van der Waals surface area (Å²) in [5.41, 5.74) is 1.80. The number of aliphatic carboxylic acids is 1. The number of nitrogens with zero attached hydrogens (tertiary/aromatic N) is 3. The van der Waals surface area contributed by atoms with Gasteiger partial charge in [-0.3, -0.25) is 4.79 Å². The third-order valence-electron chi connectivity index (χ3n) is 4.29. The molecule has 2 aromatic rings. The first-order valence-corrected chi connectivity index (χ1v) is 8.01. The van der Waals surface area contributed by atoms with E-state index in [0.717, 1.165) is 18.4 Å². The largest absolute Gasteiger partial charge is 0.480 e. The second-order valence-corrected chi connectivity index (χ2v) is 5.91. The van der Waals surface area contributed by atoms with Crippen molar-refractivity contribution in [2.45, 2.75) is 32.2 Å². The van der Waals surface area contributed by atoms with Crippen LogP contribution in [-0.4, -0.2) is 44.4 Å². The molecule has 1 aliphatic heterocycles. The second kappa shape index (κ2) is 6.78. The van der Waals surface area contributed by atoms with Crippen LogP contribution in [0.4, 0.5) is 0 Å². The second-order valence-electron chi connectivity index (χ2n) is 5.91. The fourth-order valence-electron chi connectivity index (χ4n) is 2.99. The monoisotopic (exact) mass is 325 g/mol. The van der Waals surface area contributed by atoms with Crippen molar-refractivity contribution in [3.8, 4) is 11.4 Å². The van der Waals surface area contributed by atoms with Gasteiger partial charge in [0.1, 0.15) is 6.04 Å². The molecule has 6 heteroatoms. The van der Waals surface area contributed by atoms with Crippen LogP contribution >= 0.6 is 0 Å². The van der Waals surface area contributed by atoms with E-state index in [1.165, 1.54) is 11.1 Å². The van der Waals surface area contributed by atoms with Gasteiger partial charge in [0.05, 0.1) is 11.3 Å². The van der Waals surface area contributed by atoms with Gasteiger partial charge < -0.3 is 10.0 Å². The van der Waals surface area contributed by atoms with E-state index >= 15 is 0 Å². The van der Waals surface area contributed by atoms with Crippen LogP contribution < -0.4 is 0 Å². The number of likely N-dealkylation sites (tertiary alicyclic amines) is 1. The number of carbonyl (C=O) groups is 2. The van der Waals surface area contributed by atoms with Gasteiger partial charge in [-0.2, -0.15) is 0 Å². The highest BCUT2D eigenvalue weighted by Crippen LogP contribution is 2.22. The number of benzene rings is 1. The SMILES string of the molecule is Cc1nc(-c2ccccc2)ncc1C(=O)N1CCCCC1C(=O)O. The van der Waals surface area contributed by atoms with Crippen LogP contribution in [0.15, 0.2) is 36.5 Å². The van der Waals surface area contributed by atoms with Crippen molar-refractivity contribution in [1.82, 2.24) is 14.9 Å². The Morgan fingerprint density at radius 1 is 1.21 bits per heavy atom. The molecule has 124 valence electrons. The molecular formula is C18H19N3O3. The molecule has 0 saturated carbocycles. The number of hydrogen-bond donors (Lipinski definition) is 1. The van der Waals surface area contributed by atoms with Crippen LogP contribution in [0.1, 0.15) is 35.3 Å². The van der Waals surface area contributed by atoms with Crippen molar-refractivity contribution in [2.24, 2.45) is 0 Å². The van der Waals surface area contributed by atoms with Gasteiger partial charge >= 0.3 is 5.97 Å². The molecule has 3 rings (SSSR count). The fraction of sp³-hybridized carbons (Fsp3) is 0.333. The molecule has 1 aliphatic rings. The third-order valence-corrected chi connectivity index (χ3v) is 4.29. The van der Waals surface area contributed by atoms with Gasteiger partial charge in [0, 0.05) is 18.3 Å². The first-order chi connectivity index (χ1) is 11.6. The number of piperidine rings is 1. The average Bonchev–Trinajstić information content (AvgIpc) is 2.62. The maximum atomic E-state index is 12.8. The van der Waals surface area contributed by atoms with E-state index in [2.05, 4.69) is 9.97 Å². The van der Waals surface area contributed by atoms with Crippen molar-refractivity contribution >= 4 is 11.9 Å². The average molecular weight is 325 g/mol. The van der Waals surface area contributed by atoms with E-state index in [1.807, 2.05) is 30.3 Å². The summed E-state index contributed by atoms with van der Waals surface area (Å²) in [6.07, 6.45) is 3.63. The number of amides is 1. The lowest BCUT2D eigenvalue weighted by Crippen LogP contribution is -2.48. The number of carboxylic acid groups (broad SMARTS) is 1. The molecule has 0 aliphatic carbocycles. The molecule has 2 heterocycles. The minimum atomic E-state index is -0.956. The summed E-state index contributed by atoms with van der Waals surface area (Å²) in [5.74, 6) is -0.709. The van der Waals surface area contributed by atoms with E-state index in [0.29, 0.717) is 30.0 Å². The predicted molar refractivity (Wildman–Crippen MR) is 88.5 cm³/mol. The lowest BCUT2D eigenvalue weighted by molar-refractivity contribution is -0.143. The Morgan fingerprint density at radius 3 is 2.62 bits per heavy atom. The molecule has 1 atom stereocenters. The molecule has 1 N–H and O–H groups in total. The highest BCUT2D eigenvalue weighted by atomic mass is 16.4. The molecule has 0 bridgehead atoms. The number of carboxylic acids is 1. The van der Waals surface area contributed by atoms with E-state index in [1.54, 1.807) is 6.92 Å². The Labute approximate surface area is 140 Å². The van der Waals surface area contributed by atoms with Gasteiger partial charge in [0.25, 0.3) is 5.91 Å². The zero-order valence-corrected chi connectivity index (χ0v) is 13.5. The van der Waals surface area contributed by atoms with Crippen molar-refractivity contribution in [3.05, 3.63) is 47.8 Å². The Kier molecular flexibility index (Phi) is 4.55. The normalized spacial score (nSPS) is 17.5. The zero-order chi connectivity index (χ0) is 17.1. The number of carbonyl (C=O) groups excluding carboxylic acids is 1. The summed E-state index contributed by atoms with van der Waals surface area (Å²) >= 11 is 0. The van der Waals surface area contributed by atoms with Crippen LogP contribution in [0.3, 0.4) is 0 Å². The molecule has 1 amide bonds. The Bertz CT molecular complexity index is 761. The van der Waals surface area contributed by atoms with Gasteiger partial charge in [0.2, 0.25) is 0 Å². The molecule has 1 saturated heterocycles. The summed E-state index contributed by atoms with van der Waals surface area (Å²) in [4.78, 5) is 34.3. The maximum absolute atomic E-state index is 12.8. The summed E-state index contributed by atoms with van der Waals surface area (Å²) < 4.78 is 0. The van der Waals surface area contributed by atoms with Crippen LogP contribution in [-0.2, 0) is 4.79 Å². The lowest BCUT2D eigenvalue weighted by atomic mass is 10.0. The van der Waals surface area contributed by atoms with E-state index in [9.17, 15) is 14.7 Å². The minimum Gasteiger partial charge on any atom is -0.480 e. The highest BCUT2D eigenvalue weighted by molar-refractivity contribution is 5.97. The standard InChI is InChI=1S/C18H19N3O3/c1-12-14(11-19-16(20-12)13-7-3-2-4-8-13)17(22)21-10-6-5-9-15(21)18(23)24/h2-4,7-8,11,15H,5-6,9-10H2,1H3,(H,23,24). The fourth-order valence-corrected chi connectivity index (χ4v) is 2.99. The molecule has 1 unspecified atom stereocenters. The molecule has 1 aromatic heterocycles. The quantitative estimate of drug-likeness (QED) is 0.937. The van der Waals surface area contributed by atoms with Crippen molar-refractivity contribution < 1.29 is 14.7 Å². The van der Waals surface area contributed by atoms with E-state index in [-0.39, 0.29) is 5.91 Å². The first kappa shape index (κ1) is 16.1. The number of hydrogen-bond acceptors (Lipinski definition) is 4. The highest BCUT2D eigenvalue weighted by Gasteiger charge is 2.33. The zero-order valence-electron chi connectivity index (χ0n) is 13.5. The molecule has 1 fully saturated rings. The number of aryl methyl sites for hydroxylation is 1. The van der Waals surface area contributed by atoms with Crippen molar-refractivity contribution in [3.63, 3.8) is 0 Å². The lowest BCUT2D eigenvalue weighted by Gasteiger charge is -2.33. The predicted octanol–water partition coefficient (Wildman–Crippen LogP) is 2.53. The molecule has 0 spiro atoms. The molecule has 24 heavy (non-hydrogen) atoms. The number of rotatable bonds is 3. The minimum absolute atomic E-state index is 0.306. The van der Waals surface area contributed by atoms with Crippen LogP contribution in [0.25, 0.3) is 11.4 Å². The molecule has 1 aromatic carbocycles. The van der Waals surface area contributed by atoms with Gasteiger partial charge in [-0.05, 0) is 26.2 Å². The summed E-state index contributed by atoms with van der Waals surface area (Å²) in [5, 5.41) is 9.34. The Balaban J connectivity index is 1.89. The van der Waals surface area contributed by atoms with Gasteiger partial charge in [-0.15, -0.1) is 0 Å². The van der Waals surface area contributed by atoms with Crippen LogP contribution in [0, 0.1) is 6.92 Å². The van der Waals surface area contributed by atoms with Gasteiger partial charge in [-0.25, -0.2) is 14.8 Å². The summed E-state index contributed by atoms with van der Waals surface area (Å²) in [6.45, 7) is 2.21. The van der Waals surface area contributed by atoms with Crippen LogP contribution in [0.5, 0.6) is 0 Å². The third kappa shape index (κ3) is 3.13. The Hall–Kier alpha value is -2.76. The topological polar surface area (TPSA) is 83.4 Å². The van der Waals surface area contributed by atoms with Gasteiger partial charge in [0.15, 0.2) is 5.82 Å². The first-order valence-electron chi connectivity index (χ1n) is 8.01. The van der Waals surface area contributed by atoms with Gasteiger partial charge in [-0.1, -0.05) is 30.3 Å². The summed E-state index contributed by atoms with van der Waals surface area (Å²) in [7, 11) is 0. The molecule has 6 nitrogen and oxygen atoms in total.